The molecule has 0 aliphatic carbocycles. The van der Waals surface area contributed by atoms with Crippen LogP contribution in [-0.2, 0) is 11.3 Å². The Morgan fingerprint density at radius 1 is 1.17 bits per heavy atom. The Morgan fingerprint density at radius 3 is 2.88 bits per heavy atom. The number of carbonyl (C=O) groups excluding carboxylic acids is 1. The van der Waals surface area contributed by atoms with Gasteiger partial charge in [-0.25, -0.2) is 0 Å². The van der Waals surface area contributed by atoms with Crippen molar-refractivity contribution in [1.29, 1.82) is 0 Å². The minimum absolute atomic E-state index is 0.0157. The Balaban J connectivity index is 1.83. The van der Waals surface area contributed by atoms with Crippen molar-refractivity contribution in [1.82, 2.24) is 4.98 Å². The number of fused-ring (bicyclic) bond motifs is 2. The van der Waals surface area contributed by atoms with E-state index in [1.807, 2.05) is 55.5 Å². The molecular formula is C19H16ClN3O. The van der Waals surface area contributed by atoms with Gasteiger partial charge in [0.25, 0.3) is 0 Å². The summed E-state index contributed by atoms with van der Waals surface area (Å²) in [6, 6.07) is 15.3. The van der Waals surface area contributed by atoms with Crippen LogP contribution in [-0.4, -0.2) is 16.9 Å². The van der Waals surface area contributed by atoms with Crippen molar-refractivity contribution in [2.75, 3.05) is 10.2 Å². The van der Waals surface area contributed by atoms with Gasteiger partial charge in [0.15, 0.2) is 0 Å². The van der Waals surface area contributed by atoms with Gasteiger partial charge < -0.3 is 10.2 Å². The molecule has 0 unspecified atom stereocenters. The third kappa shape index (κ3) is 2.39. The lowest BCUT2D eigenvalue weighted by Gasteiger charge is -2.36. The minimum atomic E-state index is -0.282. The predicted molar refractivity (Wildman–Crippen MR) is 97.5 cm³/mol. The fourth-order valence-electron chi connectivity index (χ4n) is 3.14. The number of carbonyl (C=O) groups is 1. The molecule has 0 saturated carbocycles. The second-order valence-corrected chi connectivity index (χ2v) is 6.32. The van der Waals surface area contributed by atoms with Crippen molar-refractivity contribution in [2.45, 2.75) is 19.5 Å². The number of amides is 1. The second kappa shape index (κ2) is 5.80. The zero-order chi connectivity index (χ0) is 16.7. The molecule has 3 aromatic rings. The van der Waals surface area contributed by atoms with Crippen LogP contribution in [0.25, 0.3) is 10.9 Å². The monoisotopic (exact) mass is 337 g/mol. The van der Waals surface area contributed by atoms with E-state index in [-0.39, 0.29) is 11.9 Å². The van der Waals surface area contributed by atoms with E-state index in [1.165, 1.54) is 0 Å². The maximum absolute atomic E-state index is 12.3. The topological polar surface area (TPSA) is 45.2 Å². The van der Waals surface area contributed by atoms with E-state index >= 15 is 0 Å². The molecule has 0 fully saturated rings. The van der Waals surface area contributed by atoms with Crippen molar-refractivity contribution >= 4 is 39.8 Å². The highest BCUT2D eigenvalue weighted by molar-refractivity contribution is 6.32. The zero-order valence-corrected chi connectivity index (χ0v) is 13.9. The Morgan fingerprint density at radius 2 is 2.00 bits per heavy atom. The summed E-state index contributed by atoms with van der Waals surface area (Å²) in [4.78, 5) is 18.9. The van der Waals surface area contributed by atoms with Crippen LogP contribution in [0.3, 0.4) is 0 Å². The third-order valence-corrected chi connectivity index (χ3v) is 4.82. The number of halogens is 1. The summed E-state index contributed by atoms with van der Waals surface area (Å²) in [7, 11) is 0. The highest BCUT2D eigenvalue weighted by atomic mass is 35.5. The molecule has 0 bridgehead atoms. The summed E-state index contributed by atoms with van der Waals surface area (Å²) in [6.45, 7) is 2.43. The van der Waals surface area contributed by atoms with E-state index in [1.54, 1.807) is 6.20 Å². The molecule has 2 heterocycles. The summed E-state index contributed by atoms with van der Waals surface area (Å²) in [5.74, 6) is -0.0157. The Hall–Kier alpha value is -2.59. The lowest BCUT2D eigenvalue weighted by Crippen LogP contribution is -2.45. The number of nitrogens with zero attached hydrogens (tertiary/aromatic N) is 2. The maximum atomic E-state index is 12.3. The molecule has 4 rings (SSSR count). The molecule has 4 nitrogen and oxygen atoms in total. The zero-order valence-electron chi connectivity index (χ0n) is 13.2. The molecule has 2 aromatic carbocycles. The number of hydrogen-bond acceptors (Lipinski definition) is 3. The van der Waals surface area contributed by atoms with Gasteiger partial charge in [0.2, 0.25) is 5.91 Å². The number of aromatic nitrogens is 1. The van der Waals surface area contributed by atoms with E-state index in [0.717, 1.165) is 27.8 Å². The molecule has 1 atom stereocenters. The maximum Gasteiger partial charge on any atom is 0.246 e. The van der Waals surface area contributed by atoms with Crippen molar-refractivity contribution in [2.24, 2.45) is 0 Å². The molecule has 120 valence electrons. The van der Waals surface area contributed by atoms with Crippen LogP contribution in [0, 0.1) is 0 Å². The second-order valence-electron chi connectivity index (χ2n) is 5.91. The van der Waals surface area contributed by atoms with Gasteiger partial charge in [-0.2, -0.15) is 0 Å². The summed E-state index contributed by atoms with van der Waals surface area (Å²) in [5, 5.41) is 4.65. The van der Waals surface area contributed by atoms with Crippen LogP contribution in [0.1, 0.15) is 12.5 Å². The summed E-state index contributed by atoms with van der Waals surface area (Å²) < 4.78 is 0. The van der Waals surface area contributed by atoms with E-state index in [9.17, 15) is 4.79 Å². The number of nitrogens with one attached hydrogen (secondary N) is 1. The van der Waals surface area contributed by atoms with E-state index in [2.05, 4.69) is 15.2 Å². The van der Waals surface area contributed by atoms with E-state index in [4.69, 9.17) is 11.6 Å². The standard InChI is InChI=1S/C19H16ClN3O/c1-12-19(24)22-16-6-2-3-7-17(16)23(12)11-14-15(20)9-8-13-5-4-10-21-18(13)14/h2-10,12H,11H2,1H3,(H,22,24)/t12-/m1/s1. The molecule has 0 saturated heterocycles. The largest absolute Gasteiger partial charge is 0.354 e. The molecule has 24 heavy (non-hydrogen) atoms. The normalized spacial score (nSPS) is 16.8. The number of anilines is 2. The first-order valence-electron chi connectivity index (χ1n) is 7.84. The van der Waals surface area contributed by atoms with Crippen LogP contribution >= 0.6 is 11.6 Å². The van der Waals surface area contributed by atoms with Crippen molar-refractivity contribution in [3.63, 3.8) is 0 Å². The van der Waals surface area contributed by atoms with Gasteiger partial charge in [-0.05, 0) is 31.2 Å². The first-order valence-corrected chi connectivity index (χ1v) is 8.21. The average molecular weight is 338 g/mol. The first-order chi connectivity index (χ1) is 11.6. The van der Waals surface area contributed by atoms with Crippen LogP contribution in [0.15, 0.2) is 54.7 Å². The molecule has 5 heteroatoms. The van der Waals surface area contributed by atoms with Crippen molar-refractivity contribution < 1.29 is 4.79 Å². The molecule has 1 aliphatic rings. The smallest absolute Gasteiger partial charge is 0.246 e. The first kappa shape index (κ1) is 15.0. The Bertz CT molecular complexity index is 941. The lowest BCUT2D eigenvalue weighted by atomic mass is 10.0. The highest BCUT2D eigenvalue weighted by Gasteiger charge is 2.30. The van der Waals surface area contributed by atoms with Gasteiger partial charge >= 0.3 is 0 Å². The fraction of sp³-hybridized carbons (Fsp3) is 0.158. The summed E-state index contributed by atoms with van der Waals surface area (Å²) in [5.41, 5.74) is 3.63. The van der Waals surface area contributed by atoms with Gasteiger partial charge in [-0.3, -0.25) is 9.78 Å². The van der Waals surface area contributed by atoms with Gasteiger partial charge in [-0.1, -0.05) is 35.9 Å². The molecule has 1 amide bonds. The molecule has 1 aliphatic heterocycles. The molecule has 1 N–H and O–H groups in total. The fourth-order valence-corrected chi connectivity index (χ4v) is 3.35. The number of rotatable bonds is 2. The third-order valence-electron chi connectivity index (χ3n) is 4.47. The van der Waals surface area contributed by atoms with Crippen LogP contribution in [0.4, 0.5) is 11.4 Å². The lowest BCUT2D eigenvalue weighted by molar-refractivity contribution is -0.117. The van der Waals surface area contributed by atoms with Crippen LogP contribution in [0.5, 0.6) is 0 Å². The summed E-state index contributed by atoms with van der Waals surface area (Å²) >= 11 is 6.47. The number of pyridine rings is 1. The van der Waals surface area contributed by atoms with Gasteiger partial charge in [-0.15, -0.1) is 0 Å². The molecular weight excluding hydrogens is 322 g/mol. The average Bonchev–Trinajstić information content (AvgIpc) is 2.60. The van der Waals surface area contributed by atoms with E-state index < -0.39 is 0 Å². The minimum Gasteiger partial charge on any atom is -0.354 e. The van der Waals surface area contributed by atoms with Gasteiger partial charge in [0.05, 0.1) is 16.9 Å². The molecule has 1 aromatic heterocycles. The van der Waals surface area contributed by atoms with E-state index in [0.29, 0.717) is 11.6 Å². The van der Waals surface area contributed by atoms with Gasteiger partial charge in [0.1, 0.15) is 6.04 Å². The summed E-state index contributed by atoms with van der Waals surface area (Å²) in [6.07, 6.45) is 1.77. The predicted octanol–water partition coefficient (Wildman–Crippen LogP) is 4.24. The number of benzene rings is 2. The Labute approximate surface area is 145 Å². The van der Waals surface area contributed by atoms with Crippen molar-refractivity contribution in [3.8, 4) is 0 Å². The molecule has 0 radical (unpaired) electrons. The van der Waals surface area contributed by atoms with Crippen LogP contribution in [0.2, 0.25) is 5.02 Å². The quantitative estimate of drug-likeness (QED) is 0.761. The SMILES string of the molecule is C[C@@H]1C(=O)Nc2ccccc2N1Cc1c(Cl)ccc2cccnc12. The number of hydrogen-bond donors (Lipinski definition) is 1. The van der Waals surface area contributed by atoms with Crippen LogP contribution < -0.4 is 10.2 Å². The highest BCUT2D eigenvalue weighted by Crippen LogP contribution is 2.35. The van der Waals surface area contributed by atoms with Gasteiger partial charge in [0, 0.05) is 28.7 Å². The molecule has 0 spiro atoms. The number of para-hydroxylation sites is 2. The van der Waals surface area contributed by atoms with Crippen molar-refractivity contribution in [3.05, 3.63) is 65.3 Å². The Kier molecular flexibility index (Phi) is 3.62.